The number of aromatic nitrogens is 3. The fourth-order valence-electron chi connectivity index (χ4n) is 22.9. The van der Waals surface area contributed by atoms with Crippen molar-refractivity contribution in [3.63, 3.8) is 0 Å². The number of rotatable bonds is 12. The summed E-state index contributed by atoms with van der Waals surface area (Å²) in [6.07, 6.45) is 2.18. The molecule has 0 aliphatic heterocycles. The Morgan fingerprint density at radius 1 is 0.176 bits per heavy atom. The van der Waals surface area contributed by atoms with Crippen molar-refractivity contribution in [2.75, 3.05) is 0 Å². The number of aryl methyl sites for hydroxylation is 1. The van der Waals surface area contributed by atoms with Crippen LogP contribution in [0.15, 0.2) is 485 Å². The van der Waals surface area contributed by atoms with Crippen molar-refractivity contribution in [2.45, 2.75) is 19.8 Å². The van der Waals surface area contributed by atoms with E-state index in [-0.39, 0.29) is 0 Å². The molecular weight excluding hydrogens is 1790 g/mol. The van der Waals surface area contributed by atoms with Crippen molar-refractivity contribution < 1.29 is 0 Å². The van der Waals surface area contributed by atoms with Crippen molar-refractivity contribution in [2.24, 2.45) is 0 Å². The van der Waals surface area contributed by atoms with E-state index in [1.807, 2.05) is 45.3 Å². The molecule has 0 bridgehead atoms. The Balaban J connectivity index is 0.000000104. The molecule has 23 aromatic carbocycles. The predicted molar refractivity (Wildman–Crippen MR) is 618 cm³/mol. The Morgan fingerprint density at radius 2 is 0.528 bits per heavy atom. The van der Waals surface area contributed by atoms with Gasteiger partial charge in [-0.25, -0.2) is 0 Å². The lowest BCUT2D eigenvalue weighted by atomic mass is 9.89. The first kappa shape index (κ1) is 83.3. The molecule has 0 atom stereocenters. The van der Waals surface area contributed by atoms with Gasteiger partial charge in [-0.2, -0.15) is 0 Å². The first-order valence-corrected chi connectivity index (χ1v) is 52.2. The van der Waals surface area contributed by atoms with Crippen LogP contribution < -0.4 is 0 Å². The van der Waals surface area contributed by atoms with Crippen LogP contribution in [0.25, 0.3) is 273 Å². The Morgan fingerprint density at radius 3 is 1.07 bits per heavy atom. The minimum absolute atomic E-state index is 1.06. The zero-order valence-electron chi connectivity index (χ0n) is 77.6. The largest absolute Gasteiger partial charge is 0.309 e. The van der Waals surface area contributed by atoms with E-state index in [0.29, 0.717) is 0 Å². The van der Waals surface area contributed by atoms with Gasteiger partial charge in [-0.1, -0.05) is 335 Å². The second kappa shape index (κ2) is 34.3. The summed E-state index contributed by atoms with van der Waals surface area (Å²) >= 11 is 7.49. The highest BCUT2D eigenvalue weighted by molar-refractivity contribution is 7.26. The van der Waals surface area contributed by atoms with Gasteiger partial charge in [0.15, 0.2) is 0 Å². The molecule has 0 N–H and O–H groups in total. The third-order valence-corrected chi connectivity index (χ3v) is 33.8. The Bertz CT molecular complexity index is 10300. The molecule has 0 spiro atoms. The maximum Gasteiger partial charge on any atom is 0.0555 e. The summed E-state index contributed by atoms with van der Waals surface area (Å²) in [5.41, 5.74) is 28.6. The molecule has 7 heteroatoms. The summed E-state index contributed by atoms with van der Waals surface area (Å²) in [6, 6.07) is 179. The minimum Gasteiger partial charge on any atom is -0.309 e. The van der Waals surface area contributed by atoms with E-state index in [2.05, 4.69) is 506 Å². The number of benzene rings is 23. The first-order chi connectivity index (χ1) is 70.4. The van der Waals surface area contributed by atoms with Crippen LogP contribution in [0.3, 0.4) is 0 Å². The number of thiophene rings is 4. The highest BCUT2D eigenvalue weighted by Gasteiger charge is 2.26. The maximum atomic E-state index is 2.52. The van der Waals surface area contributed by atoms with Crippen molar-refractivity contribution in [3.05, 3.63) is 491 Å². The number of nitrogens with zero attached hydrogens (tertiary/aromatic N) is 3. The lowest BCUT2D eigenvalue weighted by Crippen LogP contribution is -1.95. The maximum absolute atomic E-state index is 2.52. The van der Waals surface area contributed by atoms with Gasteiger partial charge in [0, 0.05) is 102 Å². The van der Waals surface area contributed by atoms with Gasteiger partial charge < -0.3 is 13.7 Å². The molecule has 0 saturated carbocycles. The smallest absolute Gasteiger partial charge is 0.0555 e. The van der Waals surface area contributed by atoms with Crippen LogP contribution in [0.5, 0.6) is 0 Å². The average molecular weight is 1880 g/mol. The van der Waals surface area contributed by atoms with Crippen molar-refractivity contribution >= 4 is 224 Å². The summed E-state index contributed by atoms with van der Waals surface area (Å²) in [7, 11) is 0. The second-order valence-corrected chi connectivity index (χ2v) is 41.7. The lowest BCUT2D eigenvalue weighted by molar-refractivity contribution is 0.930. The van der Waals surface area contributed by atoms with Crippen molar-refractivity contribution in [1.29, 1.82) is 0 Å². The highest BCUT2D eigenvalue weighted by Crippen LogP contribution is 2.50. The predicted octanol–water partition coefficient (Wildman–Crippen LogP) is 39.9. The van der Waals surface area contributed by atoms with E-state index in [9.17, 15) is 0 Å². The lowest BCUT2D eigenvalue weighted by Gasteiger charge is -2.15. The molecule has 30 aromatic rings. The summed E-state index contributed by atoms with van der Waals surface area (Å²) in [5.74, 6) is 0. The van der Waals surface area contributed by atoms with Gasteiger partial charge in [0.25, 0.3) is 0 Å². The highest BCUT2D eigenvalue weighted by atomic mass is 32.1. The Kier molecular flexibility index (Phi) is 20.1. The molecule has 142 heavy (non-hydrogen) atoms. The molecule has 0 saturated heterocycles. The van der Waals surface area contributed by atoms with Crippen LogP contribution >= 0.6 is 45.3 Å². The number of hydrogen-bond donors (Lipinski definition) is 0. The molecule has 0 amide bonds. The van der Waals surface area contributed by atoms with Gasteiger partial charge in [-0.15, -0.1) is 45.3 Å². The molecule has 30 rings (SSSR count). The summed E-state index contributed by atoms with van der Waals surface area (Å²) in [4.78, 5) is 1.31. The first-order valence-electron chi connectivity index (χ1n) is 48.9. The third kappa shape index (κ3) is 13.9. The molecule has 0 radical (unpaired) electrons. The monoisotopic (exact) mass is 1880 g/mol. The van der Waals surface area contributed by atoms with E-state index in [1.165, 1.54) is 279 Å². The van der Waals surface area contributed by atoms with E-state index >= 15 is 0 Å². The number of fused-ring (bicyclic) bond motifs is 24. The standard InChI is InChI=1S/C50H31NS.C44H27NS.C41H29NS2/c1-2-13-32(14-3-1)35-27-36(29-37(28-35)43-31-34-15-4-5-16-38(34)39-17-6-7-18-40(39)43)33-25-26-46-44(30-33)41-19-8-10-21-45(41)51(46)47-22-12-24-49-50(47)42-20-9-11-23-48(42)52-49;1-3-15-33-30(11-1)26-31-12-2-4-16-34(31)43(33)32-14-9-13-28(25-32)29-23-24-39-37(27-29)35-17-5-7-19-38(35)45(39)40-20-10-22-42-44(40)36-18-6-8-21-41(36)46-42;1-2-10-26-12-8-16-34-40(26)32-24-28(27-13-7-14-29(23-27)39-25-30-11-3-5-18-36(30)43-39)21-22-33(32)42(34)35-17-9-20-38-41(35)31-15-4-6-19-37(31)44-38/h1-31H;1-27H;3-9,11-25H,2,10H2,1H3. The van der Waals surface area contributed by atoms with Crippen LogP contribution in [0.1, 0.15) is 18.9 Å². The Labute approximate surface area is 836 Å². The normalized spacial score (nSPS) is 11.9. The van der Waals surface area contributed by atoms with Gasteiger partial charge in [-0.3, -0.25) is 0 Å². The van der Waals surface area contributed by atoms with Crippen LogP contribution in [-0.4, -0.2) is 13.7 Å². The fourth-order valence-corrected chi connectivity index (χ4v) is 27.3. The summed E-state index contributed by atoms with van der Waals surface area (Å²) in [5, 5.41) is 27.2. The van der Waals surface area contributed by atoms with Crippen LogP contribution in [0, 0.1) is 0 Å². The molecule has 0 fully saturated rings. The van der Waals surface area contributed by atoms with E-state index in [4.69, 9.17) is 0 Å². The zero-order chi connectivity index (χ0) is 93.6. The molecule has 0 aliphatic rings. The Hall–Kier alpha value is -16.9. The van der Waals surface area contributed by atoms with Gasteiger partial charge in [0.05, 0.1) is 50.2 Å². The van der Waals surface area contributed by atoms with Gasteiger partial charge >= 0.3 is 0 Å². The van der Waals surface area contributed by atoms with Crippen LogP contribution in [0.2, 0.25) is 0 Å². The summed E-state index contributed by atoms with van der Waals surface area (Å²) < 4.78 is 16.7. The number of para-hydroxylation sites is 2. The summed E-state index contributed by atoms with van der Waals surface area (Å²) in [6.45, 7) is 2.28. The van der Waals surface area contributed by atoms with E-state index in [0.717, 1.165) is 12.8 Å². The quantitative estimate of drug-likeness (QED) is 0.0855. The van der Waals surface area contributed by atoms with Crippen molar-refractivity contribution in [1.82, 2.24) is 13.7 Å². The molecule has 7 aromatic heterocycles. The van der Waals surface area contributed by atoms with Gasteiger partial charge in [-0.05, 0) is 297 Å². The molecule has 0 unspecified atom stereocenters. The second-order valence-electron chi connectivity index (χ2n) is 37.4. The fraction of sp³-hybridized carbons (Fsp3) is 0.0222. The van der Waals surface area contributed by atoms with Crippen LogP contribution in [-0.2, 0) is 6.42 Å². The molecule has 3 nitrogen and oxygen atoms in total. The third-order valence-electron chi connectivity index (χ3n) is 29.2. The topological polar surface area (TPSA) is 14.8 Å². The SMILES string of the molecule is CCCc1cccc2c1c1cc(-c3cccc(-c4cc5ccccc5s4)c3)ccc1n2-c1cccc2sc3ccccc3c12.c1cc(-c2ccc3c(c2)c2ccccc2n3-c2cccc3sc4ccccc4c23)cc(-c2c3ccccc3cc3ccccc23)c1.c1ccc(-c2cc(-c3ccc4c(c3)c3ccccc3n4-c3cccc4sc5ccccc5c34)cc(-c3cc4ccccc4c4ccccc34)c2)cc1. The number of hydrogen-bond acceptors (Lipinski definition) is 4. The van der Waals surface area contributed by atoms with Gasteiger partial charge in [0.1, 0.15) is 0 Å². The van der Waals surface area contributed by atoms with Crippen molar-refractivity contribution in [3.8, 4) is 94.3 Å². The average Bonchev–Trinajstić information content (AvgIpc) is 1.52. The van der Waals surface area contributed by atoms with Gasteiger partial charge in [0.2, 0.25) is 0 Å². The minimum atomic E-state index is 1.06. The molecular formula is C135H87N3S4. The van der Waals surface area contributed by atoms with Crippen LogP contribution in [0.4, 0.5) is 0 Å². The van der Waals surface area contributed by atoms with E-state index in [1.54, 1.807) is 0 Å². The zero-order valence-corrected chi connectivity index (χ0v) is 80.8. The van der Waals surface area contributed by atoms with E-state index < -0.39 is 0 Å². The molecule has 666 valence electrons. The molecule has 0 aliphatic carbocycles. The molecule has 7 heterocycles.